The first-order chi connectivity index (χ1) is 16.8. The maximum atomic E-state index is 2.31. The molecule has 0 atom stereocenters. The molecule has 4 aromatic carbocycles. The van der Waals surface area contributed by atoms with E-state index in [1.807, 2.05) is 21.6 Å². The van der Waals surface area contributed by atoms with Crippen molar-refractivity contribution >= 4 is 21.6 Å². The highest BCUT2D eigenvalue weighted by Crippen LogP contribution is 2.47. The zero-order valence-corrected chi connectivity index (χ0v) is 21.9. The molecule has 2 heteroatoms. The summed E-state index contributed by atoms with van der Waals surface area (Å²) in [4.78, 5) is 2.70. The Hall–Kier alpha value is -2.42. The van der Waals surface area contributed by atoms with E-state index < -0.39 is 0 Å². The van der Waals surface area contributed by atoms with E-state index in [0.29, 0.717) is 0 Å². The molecule has 0 spiro atoms. The lowest BCUT2D eigenvalue weighted by atomic mass is 9.96. The second-order valence-corrected chi connectivity index (χ2v) is 10.9. The van der Waals surface area contributed by atoms with E-state index in [2.05, 4.69) is 111 Å². The fraction of sp³-hybridized carbons (Fsp3) is 0.250. The predicted octanol–water partition coefficient (Wildman–Crippen LogP) is 10.5. The van der Waals surface area contributed by atoms with Crippen LogP contribution in [-0.4, -0.2) is 0 Å². The molecule has 0 bridgehead atoms. The van der Waals surface area contributed by atoms with Gasteiger partial charge in [0.05, 0.1) is 0 Å². The smallest absolute Gasteiger partial charge is 0.0267 e. The molecule has 0 aromatic heterocycles. The van der Waals surface area contributed by atoms with E-state index in [1.54, 1.807) is 0 Å². The van der Waals surface area contributed by atoms with Crippen molar-refractivity contribution in [1.29, 1.82) is 0 Å². The van der Waals surface area contributed by atoms with Crippen molar-refractivity contribution in [3.05, 3.63) is 108 Å². The van der Waals surface area contributed by atoms with E-state index in [0.717, 1.165) is 12.8 Å². The third kappa shape index (κ3) is 6.17. The van der Waals surface area contributed by atoms with E-state index >= 15 is 0 Å². The van der Waals surface area contributed by atoms with E-state index in [4.69, 9.17) is 0 Å². The number of hydrogen-bond donors (Lipinski definition) is 0. The largest absolute Gasteiger partial charge is 0.0654 e. The molecule has 0 fully saturated rings. The van der Waals surface area contributed by atoms with Gasteiger partial charge in [0.25, 0.3) is 0 Å². The van der Waals surface area contributed by atoms with E-state index in [9.17, 15) is 0 Å². The van der Waals surface area contributed by atoms with Crippen molar-refractivity contribution in [2.75, 3.05) is 0 Å². The molecule has 0 aliphatic rings. The van der Waals surface area contributed by atoms with E-state index in [1.165, 1.54) is 68.9 Å². The summed E-state index contributed by atoms with van der Waals surface area (Å²) in [6.07, 6.45) is 7.12. The van der Waals surface area contributed by atoms with Gasteiger partial charge in [0.1, 0.15) is 0 Å². The van der Waals surface area contributed by atoms with Crippen molar-refractivity contribution in [3.8, 4) is 22.3 Å². The van der Waals surface area contributed by atoms with Gasteiger partial charge in [-0.1, -0.05) is 133 Å². The van der Waals surface area contributed by atoms with Gasteiger partial charge in [-0.3, -0.25) is 0 Å². The molecule has 0 unspecified atom stereocenters. The van der Waals surface area contributed by atoms with Crippen LogP contribution in [0.15, 0.2) is 107 Å². The van der Waals surface area contributed by atoms with E-state index in [-0.39, 0.29) is 0 Å². The molecule has 34 heavy (non-hydrogen) atoms. The van der Waals surface area contributed by atoms with Crippen LogP contribution in [0.2, 0.25) is 0 Å². The molecule has 0 radical (unpaired) electrons. The van der Waals surface area contributed by atoms with Gasteiger partial charge in [-0.05, 0) is 71.2 Å². The lowest BCUT2D eigenvalue weighted by Gasteiger charge is -2.17. The molecule has 0 N–H and O–H groups in total. The van der Waals surface area contributed by atoms with Gasteiger partial charge in [-0.15, -0.1) is 0 Å². The van der Waals surface area contributed by atoms with Crippen molar-refractivity contribution in [3.63, 3.8) is 0 Å². The van der Waals surface area contributed by atoms with Crippen LogP contribution in [0.3, 0.4) is 0 Å². The predicted molar refractivity (Wildman–Crippen MR) is 153 cm³/mol. The Morgan fingerprint density at radius 1 is 0.471 bits per heavy atom. The lowest BCUT2D eigenvalue weighted by molar-refractivity contribution is 0.795. The third-order valence-electron chi connectivity index (χ3n) is 6.17. The zero-order valence-electron chi connectivity index (χ0n) is 20.3. The van der Waals surface area contributed by atoms with Crippen molar-refractivity contribution in [1.82, 2.24) is 0 Å². The minimum atomic E-state index is 1.13. The Morgan fingerprint density at radius 3 is 1.26 bits per heavy atom. The Labute approximate surface area is 213 Å². The molecular weight excluding hydrogens is 448 g/mol. The molecule has 0 amide bonds. The zero-order chi connectivity index (χ0) is 23.6. The molecule has 0 heterocycles. The van der Waals surface area contributed by atoms with Crippen LogP contribution in [0, 0.1) is 0 Å². The highest BCUT2D eigenvalue weighted by Gasteiger charge is 2.15. The maximum absolute atomic E-state index is 2.31. The first-order valence-electron chi connectivity index (χ1n) is 12.5. The summed E-state index contributed by atoms with van der Waals surface area (Å²) in [6, 6.07) is 35.5. The van der Waals surface area contributed by atoms with Crippen LogP contribution in [0.1, 0.15) is 50.7 Å². The lowest BCUT2D eigenvalue weighted by Crippen LogP contribution is -1.94. The number of aryl methyl sites for hydroxylation is 2. The van der Waals surface area contributed by atoms with Gasteiger partial charge >= 0.3 is 0 Å². The summed E-state index contributed by atoms with van der Waals surface area (Å²) in [6.45, 7) is 4.54. The second-order valence-electron chi connectivity index (χ2n) is 8.69. The number of benzene rings is 4. The van der Waals surface area contributed by atoms with Gasteiger partial charge in [0, 0.05) is 9.79 Å². The Bertz CT molecular complexity index is 1070. The first kappa shape index (κ1) is 24.7. The van der Waals surface area contributed by atoms with Crippen molar-refractivity contribution < 1.29 is 0 Å². The average molecular weight is 483 g/mol. The SMILES string of the molecule is CCCCc1cccc(SSc2cccc(CCCC)c2-c2ccccc2)c1-c1ccccc1. The molecule has 4 aromatic rings. The standard InChI is InChI=1S/C32H34S2/c1-3-5-15-25-21-13-23-29(31(25)27-17-9-7-10-18-27)33-34-30-24-14-22-26(16-6-4-2)32(30)28-19-11-8-12-20-28/h7-14,17-24H,3-6,15-16H2,1-2H3. The maximum Gasteiger partial charge on any atom is 0.0267 e. The van der Waals surface area contributed by atoms with Crippen LogP contribution in [0.4, 0.5) is 0 Å². The molecule has 0 aliphatic heterocycles. The summed E-state index contributed by atoms with van der Waals surface area (Å²) in [5.74, 6) is 0. The van der Waals surface area contributed by atoms with Crippen molar-refractivity contribution in [2.45, 2.75) is 62.2 Å². The highest BCUT2D eigenvalue weighted by atomic mass is 33.1. The van der Waals surface area contributed by atoms with Gasteiger partial charge < -0.3 is 0 Å². The monoisotopic (exact) mass is 482 g/mol. The average Bonchev–Trinajstić information content (AvgIpc) is 2.90. The van der Waals surface area contributed by atoms with Gasteiger partial charge in [0.2, 0.25) is 0 Å². The minimum Gasteiger partial charge on any atom is -0.0654 e. The Kier molecular flexibility index (Phi) is 9.35. The summed E-state index contributed by atoms with van der Waals surface area (Å²) < 4.78 is 0. The topological polar surface area (TPSA) is 0 Å². The van der Waals surface area contributed by atoms with Crippen LogP contribution in [-0.2, 0) is 12.8 Å². The van der Waals surface area contributed by atoms with Crippen LogP contribution in [0.5, 0.6) is 0 Å². The second kappa shape index (κ2) is 12.9. The van der Waals surface area contributed by atoms with Crippen molar-refractivity contribution in [2.24, 2.45) is 0 Å². The van der Waals surface area contributed by atoms with Gasteiger partial charge in [0.15, 0.2) is 0 Å². The van der Waals surface area contributed by atoms with Crippen LogP contribution in [0.25, 0.3) is 22.3 Å². The molecular formula is C32H34S2. The molecule has 0 saturated heterocycles. The highest BCUT2D eigenvalue weighted by molar-refractivity contribution is 8.76. The summed E-state index contributed by atoms with van der Waals surface area (Å²) in [7, 11) is 3.80. The van der Waals surface area contributed by atoms with Crippen LogP contribution >= 0.6 is 21.6 Å². The molecule has 0 nitrogen and oxygen atoms in total. The quantitative estimate of drug-likeness (QED) is 0.195. The minimum absolute atomic E-state index is 1.13. The molecule has 0 aliphatic carbocycles. The number of hydrogen-bond acceptors (Lipinski definition) is 2. The number of unbranched alkanes of at least 4 members (excludes halogenated alkanes) is 2. The summed E-state index contributed by atoms with van der Waals surface area (Å²) >= 11 is 0. The summed E-state index contributed by atoms with van der Waals surface area (Å²) in [5, 5.41) is 0. The fourth-order valence-corrected chi connectivity index (χ4v) is 6.88. The summed E-state index contributed by atoms with van der Waals surface area (Å²) in [5.41, 5.74) is 8.35. The third-order valence-corrected chi connectivity index (χ3v) is 8.62. The fourth-order valence-electron chi connectivity index (χ4n) is 4.40. The Balaban J connectivity index is 1.70. The normalized spacial score (nSPS) is 11.0. The van der Waals surface area contributed by atoms with Crippen LogP contribution < -0.4 is 0 Å². The molecule has 4 rings (SSSR count). The number of rotatable bonds is 11. The first-order valence-corrected chi connectivity index (χ1v) is 14.7. The molecule has 0 saturated carbocycles. The Morgan fingerprint density at radius 2 is 0.882 bits per heavy atom. The molecule has 174 valence electrons. The van der Waals surface area contributed by atoms with Gasteiger partial charge in [-0.2, -0.15) is 0 Å². The van der Waals surface area contributed by atoms with Gasteiger partial charge in [-0.25, -0.2) is 0 Å².